The molecular weight excluding hydrogens is 360 g/mol. The van der Waals surface area contributed by atoms with Gasteiger partial charge in [0.25, 0.3) is 0 Å². The molecular formula is C9H9BrN2O3S3. The maximum atomic E-state index is 12.0. The Hall–Kier alpha value is -0.320. The first-order valence-electron chi connectivity index (χ1n) is 4.79. The van der Waals surface area contributed by atoms with Gasteiger partial charge in [0.1, 0.15) is 4.90 Å². The fourth-order valence-electron chi connectivity index (χ4n) is 1.23. The number of thiophene rings is 1. The summed E-state index contributed by atoms with van der Waals surface area (Å²) in [5.41, 5.74) is 1.65. The summed E-state index contributed by atoms with van der Waals surface area (Å²) in [5.74, 6) is 0. The van der Waals surface area contributed by atoms with Crippen molar-refractivity contribution in [2.24, 2.45) is 0 Å². The fourth-order valence-corrected chi connectivity index (χ4v) is 5.40. The predicted octanol–water partition coefficient (Wildman–Crippen LogP) is 1.94. The van der Waals surface area contributed by atoms with E-state index in [4.69, 9.17) is 5.11 Å². The van der Waals surface area contributed by atoms with Crippen LogP contribution in [0.3, 0.4) is 0 Å². The first kappa shape index (κ1) is 14.1. The second-order valence-electron chi connectivity index (χ2n) is 3.30. The highest BCUT2D eigenvalue weighted by Gasteiger charge is 2.20. The summed E-state index contributed by atoms with van der Waals surface area (Å²) >= 11 is 5.78. The third-order valence-corrected chi connectivity index (χ3v) is 6.49. The van der Waals surface area contributed by atoms with E-state index in [1.54, 1.807) is 11.7 Å². The smallest absolute Gasteiger partial charge is 0.242 e. The maximum Gasteiger partial charge on any atom is 0.242 e. The van der Waals surface area contributed by atoms with Crippen LogP contribution in [0, 0.1) is 0 Å². The molecule has 98 valence electrons. The zero-order valence-electron chi connectivity index (χ0n) is 8.96. The molecule has 2 aromatic heterocycles. The molecule has 0 radical (unpaired) electrons. The maximum absolute atomic E-state index is 12.0. The van der Waals surface area contributed by atoms with Crippen LogP contribution < -0.4 is 4.72 Å². The molecule has 0 saturated carbocycles. The van der Waals surface area contributed by atoms with E-state index in [0.717, 1.165) is 4.88 Å². The van der Waals surface area contributed by atoms with Gasteiger partial charge in [0, 0.05) is 22.5 Å². The molecule has 0 amide bonds. The molecule has 2 aromatic rings. The monoisotopic (exact) mass is 368 g/mol. The molecule has 2 heterocycles. The molecule has 0 saturated heterocycles. The lowest BCUT2D eigenvalue weighted by Gasteiger charge is -2.03. The van der Waals surface area contributed by atoms with Crippen LogP contribution in [0.5, 0.6) is 0 Å². The van der Waals surface area contributed by atoms with Gasteiger partial charge < -0.3 is 5.11 Å². The highest BCUT2D eigenvalue weighted by Crippen LogP contribution is 2.31. The van der Waals surface area contributed by atoms with E-state index in [0.29, 0.717) is 8.66 Å². The van der Waals surface area contributed by atoms with E-state index in [1.165, 1.54) is 28.7 Å². The number of hydrogen-bond acceptors (Lipinski definition) is 6. The van der Waals surface area contributed by atoms with Crippen molar-refractivity contribution >= 4 is 48.6 Å². The quantitative estimate of drug-likeness (QED) is 0.844. The molecule has 18 heavy (non-hydrogen) atoms. The SMILES string of the molecule is O=S(=O)(NCc1cncs1)c1cc(CO)sc1Br. The molecule has 2 N–H and O–H groups in total. The van der Waals surface area contributed by atoms with Crippen LogP contribution in [0.4, 0.5) is 0 Å². The van der Waals surface area contributed by atoms with E-state index in [9.17, 15) is 8.42 Å². The van der Waals surface area contributed by atoms with Gasteiger partial charge in [-0.2, -0.15) is 0 Å². The van der Waals surface area contributed by atoms with E-state index in [2.05, 4.69) is 25.6 Å². The predicted molar refractivity (Wildman–Crippen MR) is 74.1 cm³/mol. The van der Waals surface area contributed by atoms with Crippen molar-refractivity contribution in [3.05, 3.63) is 31.3 Å². The van der Waals surface area contributed by atoms with Crippen molar-refractivity contribution in [3.63, 3.8) is 0 Å². The highest BCUT2D eigenvalue weighted by atomic mass is 79.9. The molecule has 0 atom stereocenters. The van der Waals surface area contributed by atoms with Gasteiger partial charge in [-0.25, -0.2) is 13.1 Å². The number of nitrogens with one attached hydrogen (secondary N) is 1. The van der Waals surface area contributed by atoms with Crippen LogP contribution in [-0.2, 0) is 23.2 Å². The molecule has 0 spiro atoms. The van der Waals surface area contributed by atoms with Gasteiger partial charge in [-0.1, -0.05) is 0 Å². The summed E-state index contributed by atoms with van der Waals surface area (Å²) in [6, 6.07) is 1.46. The van der Waals surface area contributed by atoms with Crippen LogP contribution in [0.15, 0.2) is 26.5 Å². The van der Waals surface area contributed by atoms with Crippen LogP contribution in [-0.4, -0.2) is 18.5 Å². The van der Waals surface area contributed by atoms with E-state index in [1.807, 2.05) is 0 Å². The largest absolute Gasteiger partial charge is 0.391 e. The average molecular weight is 369 g/mol. The molecule has 9 heteroatoms. The van der Waals surface area contributed by atoms with Gasteiger partial charge in [0.15, 0.2) is 0 Å². The van der Waals surface area contributed by atoms with Crippen LogP contribution in [0.1, 0.15) is 9.75 Å². The van der Waals surface area contributed by atoms with Crippen LogP contribution >= 0.6 is 38.6 Å². The van der Waals surface area contributed by atoms with Crippen LogP contribution in [0.25, 0.3) is 0 Å². The number of rotatable bonds is 5. The minimum atomic E-state index is -3.57. The Bertz CT molecular complexity index is 622. The van der Waals surface area contributed by atoms with Crippen molar-refractivity contribution in [2.75, 3.05) is 0 Å². The first-order valence-corrected chi connectivity index (χ1v) is 8.76. The number of aromatic nitrogens is 1. The number of hydrogen-bond donors (Lipinski definition) is 2. The highest BCUT2D eigenvalue weighted by molar-refractivity contribution is 9.11. The summed E-state index contributed by atoms with van der Waals surface area (Å²) in [6.07, 6.45) is 1.62. The Kier molecular flexibility index (Phi) is 4.51. The van der Waals surface area contributed by atoms with Crippen molar-refractivity contribution in [3.8, 4) is 0 Å². The third kappa shape index (κ3) is 3.16. The van der Waals surface area contributed by atoms with E-state index >= 15 is 0 Å². The third-order valence-electron chi connectivity index (χ3n) is 2.07. The number of nitrogens with zero attached hydrogens (tertiary/aromatic N) is 1. The second kappa shape index (κ2) is 5.76. The Labute approximate surface area is 121 Å². The van der Waals surface area contributed by atoms with Gasteiger partial charge in [-0.3, -0.25) is 4.98 Å². The lowest BCUT2D eigenvalue weighted by atomic mass is 10.5. The Balaban J connectivity index is 2.17. The van der Waals surface area contributed by atoms with Gasteiger partial charge in [0.2, 0.25) is 10.0 Å². The van der Waals surface area contributed by atoms with Gasteiger partial charge >= 0.3 is 0 Å². The Morgan fingerprint density at radius 3 is 2.78 bits per heavy atom. The second-order valence-corrected chi connectivity index (χ2v) is 8.46. The normalized spacial score (nSPS) is 11.9. The van der Waals surface area contributed by atoms with E-state index in [-0.39, 0.29) is 18.0 Å². The molecule has 0 aromatic carbocycles. The molecule has 0 aliphatic rings. The molecule has 0 aliphatic carbocycles. The van der Waals surface area contributed by atoms with Crippen LogP contribution in [0.2, 0.25) is 0 Å². The zero-order valence-corrected chi connectivity index (χ0v) is 13.0. The first-order chi connectivity index (χ1) is 8.53. The fraction of sp³-hybridized carbons (Fsp3) is 0.222. The molecule has 0 bridgehead atoms. The summed E-state index contributed by atoms with van der Waals surface area (Å²) in [7, 11) is -3.57. The molecule has 0 aliphatic heterocycles. The number of aliphatic hydroxyl groups is 1. The lowest BCUT2D eigenvalue weighted by Crippen LogP contribution is -2.22. The van der Waals surface area contributed by atoms with Crippen molar-refractivity contribution in [1.82, 2.24) is 9.71 Å². The molecule has 2 rings (SSSR count). The van der Waals surface area contributed by atoms with Crippen molar-refractivity contribution in [1.29, 1.82) is 0 Å². The molecule has 5 nitrogen and oxygen atoms in total. The molecule has 0 unspecified atom stereocenters. The average Bonchev–Trinajstić information content (AvgIpc) is 2.95. The summed E-state index contributed by atoms with van der Waals surface area (Å²) < 4.78 is 27.1. The van der Waals surface area contributed by atoms with Crippen molar-refractivity contribution < 1.29 is 13.5 Å². The van der Waals surface area contributed by atoms with Crippen molar-refractivity contribution in [2.45, 2.75) is 18.0 Å². The lowest BCUT2D eigenvalue weighted by molar-refractivity contribution is 0.285. The number of halogens is 1. The summed E-state index contributed by atoms with van der Waals surface area (Å²) in [5, 5.41) is 8.99. The zero-order chi connectivity index (χ0) is 13.2. The minimum Gasteiger partial charge on any atom is -0.391 e. The van der Waals surface area contributed by atoms with Gasteiger partial charge in [-0.05, 0) is 22.0 Å². The van der Waals surface area contributed by atoms with Gasteiger partial charge in [0.05, 0.1) is 15.9 Å². The minimum absolute atomic E-state index is 0.154. The standard InChI is InChI=1S/C9H9BrN2O3S3/c10-9-8(1-6(4-13)17-9)18(14,15)12-3-7-2-11-5-16-7/h1-2,5,12-13H,3-4H2. The number of aliphatic hydroxyl groups excluding tert-OH is 1. The van der Waals surface area contributed by atoms with Gasteiger partial charge in [-0.15, -0.1) is 22.7 Å². The number of thiazole rings is 1. The molecule has 0 fully saturated rings. The summed E-state index contributed by atoms with van der Waals surface area (Å²) in [6.45, 7) is 0.0391. The summed E-state index contributed by atoms with van der Waals surface area (Å²) in [4.78, 5) is 5.47. The number of sulfonamides is 1. The Morgan fingerprint density at radius 1 is 1.44 bits per heavy atom. The van der Waals surface area contributed by atoms with E-state index < -0.39 is 10.0 Å². The topological polar surface area (TPSA) is 79.3 Å². The Morgan fingerprint density at radius 2 is 2.22 bits per heavy atom.